The van der Waals surface area contributed by atoms with Crippen LogP contribution in [0.4, 0.5) is 0 Å². The Hall–Kier alpha value is -1.31. The Morgan fingerprint density at radius 3 is 2.67 bits per heavy atom. The summed E-state index contributed by atoms with van der Waals surface area (Å²) in [7, 11) is 0. The Morgan fingerprint density at radius 2 is 2.00 bits per heavy atom. The average molecular weight is 202 g/mol. The standard InChI is InChI=1S/C11H12N2.C2H6/c1-8-2-5-11-10(6-8)12-7-13(11)9-3-4-9;1-2/h2,5-7,9H,3-4H2,1H3;1-2H3. The summed E-state index contributed by atoms with van der Waals surface area (Å²) in [6, 6.07) is 7.21. The van der Waals surface area contributed by atoms with E-state index in [2.05, 4.69) is 34.7 Å². The second-order valence-electron chi connectivity index (χ2n) is 3.88. The van der Waals surface area contributed by atoms with Crippen molar-refractivity contribution in [2.45, 2.75) is 39.7 Å². The number of benzene rings is 1. The van der Waals surface area contributed by atoms with Gasteiger partial charge in [0.15, 0.2) is 0 Å². The lowest BCUT2D eigenvalue weighted by atomic mass is 10.2. The van der Waals surface area contributed by atoms with Gasteiger partial charge in [0.05, 0.1) is 17.4 Å². The number of aromatic nitrogens is 2. The third-order valence-electron chi connectivity index (χ3n) is 2.67. The van der Waals surface area contributed by atoms with Crippen molar-refractivity contribution in [2.75, 3.05) is 0 Å². The molecule has 1 heterocycles. The molecule has 0 N–H and O–H groups in total. The van der Waals surface area contributed by atoms with E-state index >= 15 is 0 Å². The van der Waals surface area contributed by atoms with Gasteiger partial charge in [0.2, 0.25) is 0 Å². The van der Waals surface area contributed by atoms with Gasteiger partial charge in [-0.1, -0.05) is 19.9 Å². The first-order valence-corrected chi connectivity index (χ1v) is 5.78. The Balaban J connectivity index is 0.000000404. The summed E-state index contributed by atoms with van der Waals surface area (Å²) < 4.78 is 2.30. The van der Waals surface area contributed by atoms with E-state index in [0.29, 0.717) is 0 Å². The van der Waals surface area contributed by atoms with Crippen LogP contribution >= 0.6 is 0 Å². The molecule has 0 amide bonds. The molecule has 2 heteroatoms. The van der Waals surface area contributed by atoms with Gasteiger partial charge in [0.1, 0.15) is 0 Å². The van der Waals surface area contributed by atoms with Crippen molar-refractivity contribution < 1.29 is 0 Å². The Labute approximate surface area is 90.9 Å². The smallest absolute Gasteiger partial charge is 0.0960 e. The molecule has 1 saturated carbocycles. The minimum atomic E-state index is 0.729. The van der Waals surface area contributed by atoms with E-state index < -0.39 is 0 Å². The van der Waals surface area contributed by atoms with Crippen LogP contribution in [0, 0.1) is 6.92 Å². The SMILES string of the molecule is CC.Cc1ccc2c(c1)ncn2C1CC1. The van der Waals surface area contributed by atoms with Crippen LogP contribution in [0.1, 0.15) is 38.3 Å². The molecule has 1 aliphatic carbocycles. The van der Waals surface area contributed by atoms with E-state index in [1.54, 1.807) is 0 Å². The molecule has 3 rings (SSSR count). The van der Waals surface area contributed by atoms with E-state index in [4.69, 9.17) is 0 Å². The quantitative estimate of drug-likeness (QED) is 0.689. The Morgan fingerprint density at radius 1 is 1.27 bits per heavy atom. The van der Waals surface area contributed by atoms with Crippen molar-refractivity contribution in [3.8, 4) is 0 Å². The zero-order chi connectivity index (χ0) is 10.8. The molecular weight excluding hydrogens is 184 g/mol. The van der Waals surface area contributed by atoms with Gasteiger partial charge in [-0.25, -0.2) is 4.98 Å². The fraction of sp³-hybridized carbons (Fsp3) is 0.462. The molecule has 1 aliphatic rings. The summed E-state index contributed by atoms with van der Waals surface area (Å²) in [5, 5.41) is 0. The normalized spacial score (nSPS) is 14.9. The van der Waals surface area contributed by atoms with Gasteiger partial charge in [0, 0.05) is 6.04 Å². The Kier molecular flexibility index (Phi) is 2.76. The van der Waals surface area contributed by atoms with Gasteiger partial charge in [-0.05, 0) is 37.5 Å². The Bertz CT molecular complexity index is 453. The van der Waals surface area contributed by atoms with Gasteiger partial charge in [0.25, 0.3) is 0 Å². The van der Waals surface area contributed by atoms with E-state index in [9.17, 15) is 0 Å². The van der Waals surface area contributed by atoms with Crippen molar-refractivity contribution in [1.82, 2.24) is 9.55 Å². The van der Waals surface area contributed by atoms with Gasteiger partial charge >= 0.3 is 0 Å². The zero-order valence-corrected chi connectivity index (χ0v) is 9.70. The van der Waals surface area contributed by atoms with Crippen LogP contribution in [0.25, 0.3) is 11.0 Å². The zero-order valence-electron chi connectivity index (χ0n) is 9.70. The number of nitrogens with zero attached hydrogens (tertiary/aromatic N) is 2. The first kappa shape index (κ1) is 10.2. The van der Waals surface area contributed by atoms with Crippen LogP contribution in [0.15, 0.2) is 24.5 Å². The highest BCUT2D eigenvalue weighted by molar-refractivity contribution is 5.76. The van der Waals surface area contributed by atoms with E-state index in [0.717, 1.165) is 11.6 Å². The van der Waals surface area contributed by atoms with Gasteiger partial charge in [-0.15, -0.1) is 0 Å². The third-order valence-corrected chi connectivity index (χ3v) is 2.67. The second-order valence-corrected chi connectivity index (χ2v) is 3.88. The van der Waals surface area contributed by atoms with Crippen molar-refractivity contribution in [3.05, 3.63) is 30.1 Å². The van der Waals surface area contributed by atoms with Crippen LogP contribution in [0.3, 0.4) is 0 Å². The third kappa shape index (κ3) is 1.89. The minimum absolute atomic E-state index is 0.729. The molecular formula is C13H18N2. The molecule has 80 valence electrons. The number of hydrogen-bond acceptors (Lipinski definition) is 1. The van der Waals surface area contributed by atoms with E-state index in [1.165, 1.54) is 23.9 Å². The average Bonchev–Trinajstić information content (AvgIpc) is 3.02. The number of aryl methyl sites for hydroxylation is 1. The molecule has 0 bridgehead atoms. The first-order valence-electron chi connectivity index (χ1n) is 5.78. The molecule has 1 fully saturated rings. The highest BCUT2D eigenvalue weighted by atomic mass is 15.1. The first-order chi connectivity index (χ1) is 7.34. The van der Waals surface area contributed by atoms with Crippen molar-refractivity contribution >= 4 is 11.0 Å². The number of imidazole rings is 1. The molecule has 0 radical (unpaired) electrons. The van der Waals surface area contributed by atoms with Crippen molar-refractivity contribution in [2.24, 2.45) is 0 Å². The maximum atomic E-state index is 4.40. The lowest BCUT2D eigenvalue weighted by molar-refractivity contribution is 0.766. The molecule has 1 aromatic carbocycles. The maximum absolute atomic E-state index is 4.40. The summed E-state index contributed by atoms with van der Waals surface area (Å²) in [6.07, 6.45) is 4.61. The van der Waals surface area contributed by atoms with Gasteiger partial charge in [-0.2, -0.15) is 0 Å². The topological polar surface area (TPSA) is 17.8 Å². The highest BCUT2D eigenvalue weighted by Crippen LogP contribution is 2.36. The number of fused-ring (bicyclic) bond motifs is 1. The fourth-order valence-electron chi connectivity index (χ4n) is 1.79. The number of rotatable bonds is 1. The van der Waals surface area contributed by atoms with Crippen molar-refractivity contribution in [3.63, 3.8) is 0 Å². The van der Waals surface area contributed by atoms with Gasteiger partial charge in [-0.3, -0.25) is 0 Å². The lowest BCUT2D eigenvalue weighted by Crippen LogP contribution is -1.89. The number of hydrogen-bond donors (Lipinski definition) is 0. The summed E-state index contributed by atoms with van der Waals surface area (Å²) in [5.74, 6) is 0. The minimum Gasteiger partial charge on any atom is -0.327 e. The van der Waals surface area contributed by atoms with Crippen LogP contribution in [-0.4, -0.2) is 9.55 Å². The van der Waals surface area contributed by atoms with Crippen LogP contribution in [0.5, 0.6) is 0 Å². The molecule has 2 aromatic rings. The van der Waals surface area contributed by atoms with Gasteiger partial charge < -0.3 is 4.57 Å². The summed E-state index contributed by atoms with van der Waals surface area (Å²) >= 11 is 0. The molecule has 0 saturated heterocycles. The van der Waals surface area contributed by atoms with Crippen LogP contribution < -0.4 is 0 Å². The molecule has 15 heavy (non-hydrogen) atoms. The van der Waals surface area contributed by atoms with E-state index in [-0.39, 0.29) is 0 Å². The summed E-state index contributed by atoms with van der Waals surface area (Å²) in [6.45, 7) is 6.11. The monoisotopic (exact) mass is 202 g/mol. The summed E-state index contributed by atoms with van der Waals surface area (Å²) in [4.78, 5) is 4.40. The summed E-state index contributed by atoms with van der Waals surface area (Å²) in [5.41, 5.74) is 3.70. The lowest BCUT2D eigenvalue weighted by Gasteiger charge is -1.99. The largest absolute Gasteiger partial charge is 0.327 e. The predicted octanol–water partition coefficient (Wildman–Crippen LogP) is 3.71. The van der Waals surface area contributed by atoms with Crippen LogP contribution in [0.2, 0.25) is 0 Å². The fourth-order valence-corrected chi connectivity index (χ4v) is 1.79. The molecule has 0 spiro atoms. The molecule has 0 unspecified atom stereocenters. The highest BCUT2D eigenvalue weighted by Gasteiger charge is 2.24. The molecule has 2 nitrogen and oxygen atoms in total. The second kappa shape index (κ2) is 4.05. The molecule has 0 aliphatic heterocycles. The maximum Gasteiger partial charge on any atom is 0.0960 e. The van der Waals surface area contributed by atoms with Crippen LogP contribution in [-0.2, 0) is 0 Å². The van der Waals surface area contributed by atoms with E-state index in [1.807, 2.05) is 20.2 Å². The molecule has 0 atom stereocenters. The van der Waals surface area contributed by atoms with Crippen molar-refractivity contribution in [1.29, 1.82) is 0 Å². The molecule has 1 aromatic heterocycles. The predicted molar refractivity (Wildman–Crippen MR) is 64.1 cm³/mol.